The molecule has 2 unspecified atom stereocenters. The molecule has 0 spiro atoms. The van der Waals surface area contributed by atoms with Crippen molar-refractivity contribution in [1.29, 1.82) is 0 Å². The molecule has 0 aliphatic carbocycles. The zero-order valence-corrected chi connectivity index (χ0v) is 22.2. The second kappa shape index (κ2) is 16.3. The van der Waals surface area contributed by atoms with Crippen LogP contribution in [0.2, 0.25) is 0 Å². The van der Waals surface area contributed by atoms with E-state index in [-0.39, 0.29) is 0 Å². The molecule has 0 saturated heterocycles. The van der Waals surface area contributed by atoms with Crippen LogP contribution in [0.4, 0.5) is 22.7 Å². The van der Waals surface area contributed by atoms with Gasteiger partial charge in [0.2, 0.25) is 0 Å². The molecule has 0 aliphatic rings. The van der Waals surface area contributed by atoms with E-state index in [9.17, 15) is 0 Å². The summed E-state index contributed by atoms with van der Waals surface area (Å²) in [6.45, 7) is 4.52. The Hall–Kier alpha value is -2.40. The van der Waals surface area contributed by atoms with E-state index in [1.54, 1.807) is 0 Å². The predicted molar refractivity (Wildman–Crippen MR) is 153 cm³/mol. The maximum Gasteiger partial charge on any atom is 0.0579 e. The number of nitrogen functional groups attached to an aromatic ring is 4. The SMILES string of the molecule is CCCCCC(CCCc1cc(N)cc(N)c1)OC(CCCCC)CCCc1cc(N)cc(N)c1. The van der Waals surface area contributed by atoms with Gasteiger partial charge in [0, 0.05) is 22.7 Å². The van der Waals surface area contributed by atoms with Crippen molar-refractivity contribution < 1.29 is 4.74 Å². The van der Waals surface area contributed by atoms with Gasteiger partial charge in [-0.1, -0.05) is 52.4 Å². The molecule has 5 heteroatoms. The van der Waals surface area contributed by atoms with E-state index in [4.69, 9.17) is 27.7 Å². The number of benzene rings is 2. The van der Waals surface area contributed by atoms with Crippen LogP contribution in [-0.4, -0.2) is 12.2 Å². The van der Waals surface area contributed by atoms with Gasteiger partial charge >= 0.3 is 0 Å². The van der Waals surface area contributed by atoms with E-state index in [0.29, 0.717) is 12.2 Å². The zero-order chi connectivity index (χ0) is 25.5. The van der Waals surface area contributed by atoms with Crippen LogP contribution >= 0.6 is 0 Å². The number of hydrogen-bond donors (Lipinski definition) is 4. The van der Waals surface area contributed by atoms with Crippen molar-refractivity contribution in [1.82, 2.24) is 0 Å². The Balaban J connectivity index is 1.94. The molecule has 8 N–H and O–H groups in total. The third kappa shape index (κ3) is 12.2. The van der Waals surface area contributed by atoms with Gasteiger partial charge in [-0.05, 0) is 98.9 Å². The quantitative estimate of drug-likeness (QED) is 0.132. The van der Waals surface area contributed by atoms with Crippen molar-refractivity contribution in [2.24, 2.45) is 0 Å². The number of rotatable bonds is 18. The lowest BCUT2D eigenvalue weighted by Crippen LogP contribution is -2.23. The molecule has 5 nitrogen and oxygen atoms in total. The number of hydrogen-bond acceptors (Lipinski definition) is 5. The zero-order valence-electron chi connectivity index (χ0n) is 22.2. The van der Waals surface area contributed by atoms with Gasteiger partial charge in [-0.15, -0.1) is 0 Å². The van der Waals surface area contributed by atoms with Crippen LogP contribution in [0.1, 0.15) is 102 Å². The molecule has 0 saturated carbocycles. The number of aryl methyl sites for hydroxylation is 2. The van der Waals surface area contributed by atoms with Gasteiger partial charge in [-0.25, -0.2) is 0 Å². The molecule has 2 aromatic carbocycles. The molecule has 0 aromatic heterocycles. The van der Waals surface area contributed by atoms with Gasteiger partial charge in [0.1, 0.15) is 0 Å². The van der Waals surface area contributed by atoms with Crippen LogP contribution in [-0.2, 0) is 17.6 Å². The summed E-state index contributed by atoms with van der Waals surface area (Å²) in [6.07, 6.45) is 16.7. The molecular weight excluding hydrogens is 432 g/mol. The molecule has 0 amide bonds. The first-order valence-electron chi connectivity index (χ1n) is 13.8. The van der Waals surface area contributed by atoms with Crippen LogP contribution < -0.4 is 22.9 Å². The maximum atomic E-state index is 6.82. The highest BCUT2D eigenvalue weighted by molar-refractivity contribution is 5.55. The monoisotopic (exact) mass is 482 g/mol. The average molecular weight is 483 g/mol. The Bertz CT molecular complexity index is 744. The van der Waals surface area contributed by atoms with E-state index in [0.717, 1.165) is 74.1 Å². The molecular formula is C30H50N4O. The number of nitrogens with two attached hydrogens (primary N) is 4. The molecule has 2 atom stereocenters. The lowest BCUT2D eigenvalue weighted by molar-refractivity contribution is -0.0317. The highest BCUT2D eigenvalue weighted by atomic mass is 16.5. The standard InChI is InChI=1S/C30H50N4O/c1-3-5-7-13-29(15-9-11-23-17-25(31)21-26(32)18-23)35-30(14-8-6-4-2)16-10-12-24-19-27(33)22-28(34)20-24/h17-22,29-30H,3-16,31-34H2,1-2H3. The van der Waals surface area contributed by atoms with E-state index in [1.807, 2.05) is 36.4 Å². The Morgan fingerprint density at radius 1 is 0.514 bits per heavy atom. The van der Waals surface area contributed by atoms with Crippen LogP contribution in [0.3, 0.4) is 0 Å². The minimum Gasteiger partial charge on any atom is -0.399 e. The summed E-state index contributed by atoms with van der Waals surface area (Å²) >= 11 is 0. The average Bonchev–Trinajstić information content (AvgIpc) is 2.78. The second-order valence-electron chi connectivity index (χ2n) is 10.2. The fourth-order valence-corrected chi connectivity index (χ4v) is 4.92. The summed E-state index contributed by atoms with van der Waals surface area (Å²) in [7, 11) is 0. The Kier molecular flexibility index (Phi) is 13.4. The molecule has 0 heterocycles. The van der Waals surface area contributed by atoms with Crippen molar-refractivity contribution in [3.05, 3.63) is 47.5 Å². The lowest BCUT2D eigenvalue weighted by atomic mass is 9.99. The normalized spacial score (nSPS) is 13.1. The van der Waals surface area contributed by atoms with E-state index < -0.39 is 0 Å². The third-order valence-electron chi connectivity index (χ3n) is 6.70. The molecule has 0 radical (unpaired) electrons. The fourth-order valence-electron chi connectivity index (χ4n) is 4.92. The van der Waals surface area contributed by atoms with Gasteiger partial charge < -0.3 is 27.7 Å². The smallest absolute Gasteiger partial charge is 0.0579 e. The van der Waals surface area contributed by atoms with Crippen molar-refractivity contribution in [3.63, 3.8) is 0 Å². The number of unbranched alkanes of at least 4 members (excludes halogenated alkanes) is 4. The minimum absolute atomic E-state index is 0.314. The third-order valence-corrected chi connectivity index (χ3v) is 6.70. The molecule has 0 bridgehead atoms. The molecule has 35 heavy (non-hydrogen) atoms. The fraction of sp³-hybridized carbons (Fsp3) is 0.600. The Morgan fingerprint density at radius 2 is 0.857 bits per heavy atom. The number of anilines is 4. The molecule has 2 aromatic rings. The van der Waals surface area contributed by atoms with Gasteiger partial charge in [0.25, 0.3) is 0 Å². The molecule has 0 aliphatic heterocycles. The highest BCUT2D eigenvalue weighted by Crippen LogP contribution is 2.23. The van der Waals surface area contributed by atoms with Crippen molar-refractivity contribution in [2.75, 3.05) is 22.9 Å². The molecule has 0 fully saturated rings. The predicted octanol–water partition coefficient (Wildman–Crippen LogP) is 7.28. The van der Waals surface area contributed by atoms with Crippen molar-refractivity contribution in [2.45, 2.75) is 116 Å². The lowest BCUT2D eigenvalue weighted by Gasteiger charge is -2.26. The topological polar surface area (TPSA) is 113 Å². The summed E-state index contributed by atoms with van der Waals surface area (Å²) in [5.74, 6) is 0. The van der Waals surface area contributed by atoms with E-state index in [2.05, 4.69) is 13.8 Å². The van der Waals surface area contributed by atoms with Crippen LogP contribution in [0.25, 0.3) is 0 Å². The number of ether oxygens (including phenoxy) is 1. The van der Waals surface area contributed by atoms with Crippen LogP contribution in [0, 0.1) is 0 Å². The molecule has 2 rings (SSSR count). The Labute approximate surface area is 214 Å². The first-order valence-corrected chi connectivity index (χ1v) is 13.8. The van der Waals surface area contributed by atoms with Crippen LogP contribution in [0.15, 0.2) is 36.4 Å². The highest BCUT2D eigenvalue weighted by Gasteiger charge is 2.17. The largest absolute Gasteiger partial charge is 0.399 e. The summed E-state index contributed by atoms with van der Waals surface area (Å²) in [6, 6.07) is 11.8. The summed E-state index contributed by atoms with van der Waals surface area (Å²) < 4.78 is 6.82. The van der Waals surface area contributed by atoms with E-state index >= 15 is 0 Å². The minimum atomic E-state index is 0.314. The van der Waals surface area contributed by atoms with Crippen molar-refractivity contribution in [3.8, 4) is 0 Å². The first-order chi connectivity index (χ1) is 16.9. The first kappa shape index (κ1) is 28.8. The summed E-state index contributed by atoms with van der Waals surface area (Å²) in [4.78, 5) is 0. The van der Waals surface area contributed by atoms with Gasteiger partial charge in [-0.3, -0.25) is 0 Å². The molecule has 196 valence electrons. The maximum absolute atomic E-state index is 6.82. The van der Waals surface area contributed by atoms with Crippen LogP contribution in [0.5, 0.6) is 0 Å². The summed E-state index contributed by atoms with van der Waals surface area (Å²) in [5, 5.41) is 0. The second-order valence-corrected chi connectivity index (χ2v) is 10.2. The Morgan fingerprint density at radius 3 is 1.20 bits per heavy atom. The summed E-state index contributed by atoms with van der Waals surface area (Å²) in [5.41, 5.74) is 29.3. The van der Waals surface area contributed by atoms with Crippen molar-refractivity contribution >= 4 is 22.7 Å². The van der Waals surface area contributed by atoms with Gasteiger partial charge in [0.05, 0.1) is 12.2 Å². The van der Waals surface area contributed by atoms with Gasteiger partial charge in [0.15, 0.2) is 0 Å². The van der Waals surface area contributed by atoms with E-state index in [1.165, 1.54) is 49.7 Å². The van der Waals surface area contributed by atoms with Gasteiger partial charge in [-0.2, -0.15) is 0 Å².